The molecule has 0 radical (unpaired) electrons. The summed E-state index contributed by atoms with van der Waals surface area (Å²) in [5, 5.41) is 16.6. The van der Waals surface area contributed by atoms with E-state index in [0.29, 0.717) is 18.0 Å². The Morgan fingerprint density at radius 1 is 1.09 bits per heavy atom. The molecule has 4 heterocycles. The number of pyridine rings is 2. The molecule has 3 N–H and O–H groups in total. The summed E-state index contributed by atoms with van der Waals surface area (Å²) in [5.41, 5.74) is 3.22. The first-order chi connectivity index (χ1) is 16.2. The number of carboxylic acids is 1. The number of hydrogen-bond donors (Lipinski definition) is 3. The Kier molecular flexibility index (Phi) is 6.46. The van der Waals surface area contributed by atoms with Crippen LogP contribution in [-0.2, 0) is 13.1 Å². The summed E-state index contributed by atoms with van der Waals surface area (Å²) in [6, 6.07) is 17.3. The normalized spacial score (nSPS) is 20.8. The maximum atomic E-state index is 11.9. The number of hydrogen-bond acceptors (Lipinski definition) is 7. The SMILES string of the molecule is O=C(O)c1ccccc1C1Nc2cccc(n2)CNCc2cccnc2N2CCC(CS1)C2. The number of rotatable bonds is 2. The molecule has 1 fully saturated rings. The molecule has 1 aromatic carbocycles. The summed E-state index contributed by atoms with van der Waals surface area (Å²) in [7, 11) is 0. The van der Waals surface area contributed by atoms with Crippen LogP contribution in [0.1, 0.15) is 39.0 Å². The highest BCUT2D eigenvalue weighted by atomic mass is 32.2. The number of carbonyl (C=O) groups is 1. The van der Waals surface area contributed by atoms with Crippen LogP contribution in [0.25, 0.3) is 0 Å². The third kappa shape index (κ3) is 4.96. The molecule has 3 aromatic rings. The number of aromatic carboxylic acids is 1. The van der Waals surface area contributed by atoms with Crippen molar-refractivity contribution >= 4 is 29.4 Å². The van der Waals surface area contributed by atoms with Crippen molar-refractivity contribution in [3.05, 3.63) is 83.2 Å². The first-order valence-corrected chi connectivity index (χ1v) is 12.3. The molecule has 0 spiro atoms. The zero-order valence-corrected chi connectivity index (χ0v) is 19.1. The van der Waals surface area contributed by atoms with Crippen molar-refractivity contribution in [2.75, 3.05) is 29.1 Å². The van der Waals surface area contributed by atoms with Gasteiger partial charge in [0.25, 0.3) is 0 Å². The molecule has 2 atom stereocenters. The summed E-state index contributed by atoms with van der Waals surface area (Å²) in [5.74, 6) is 2.31. The van der Waals surface area contributed by atoms with Gasteiger partial charge in [-0.15, -0.1) is 11.8 Å². The fourth-order valence-electron chi connectivity index (χ4n) is 4.49. The summed E-state index contributed by atoms with van der Waals surface area (Å²) < 4.78 is 0. The average Bonchev–Trinajstić information content (AvgIpc) is 3.30. The summed E-state index contributed by atoms with van der Waals surface area (Å²) in [4.78, 5) is 23.8. The average molecular weight is 462 g/mol. The Balaban J connectivity index is 1.48. The van der Waals surface area contributed by atoms with Crippen LogP contribution in [0, 0.1) is 5.92 Å². The van der Waals surface area contributed by atoms with Crippen molar-refractivity contribution in [1.82, 2.24) is 15.3 Å². The van der Waals surface area contributed by atoms with Gasteiger partial charge in [0, 0.05) is 43.7 Å². The molecular weight excluding hydrogens is 434 g/mol. The van der Waals surface area contributed by atoms with Crippen molar-refractivity contribution in [2.24, 2.45) is 5.92 Å². The van der Waals surface area contributed by atoms with Gasteiger partial charge in [-0.05, 0) is 42.2 Å². The quantitative estimate of drug-likeness (QED) is 0.524. The van der Waals surface area contributed by atoms with E-state index in [1.54, 1.807) is 23.9 Å². The van der Waals surface area contributed by atoms with Gasteiger partial charge in [-0.1, -0.05) is 30.3 Å². The molecule has 2 aromatic heterocycles. The second-order valence-corrected chi connectivity index (χ2v) is 9.59. The first kappa shape index (κ1) is 21.7. The lowest BCUT2D eigenvalue weighted by Gasteiger charge is -2.23. The number of nitrogens with zero attached hydrogens (tertiary/aromatic N) is 3. The standard InChI is InChI=1S/C25H27N5O2S/c31-25(32)21-8-2-1-7-20(21)24-29-22-9-3-6-19(28-22)14-26-13-18-5-4-11-27-23(18)30-12-10-17(15-30)16-33-24/h1-9,11,17,24,26H,10,12-16H2,(H,28,29)(H,31,32). The molecule has 5 rings (SSSR count). The molecule has 2 aliphatic rings. The highest BCUT2D eigenvalue weighted by Crippen LogP contribution is 2.36. The van der Waals surface area contributed by atoms with Crippen LogP contribution in [0.15, 0.2) is 60.8 Å². The maximum Gasteiger partial charge on any atom is 0.336 e. The number of thioether (sulfide) groups is 1. The molecule has 2 unspecified atom stereocenters. The van der Waals surface area contributed by atoms with E-state index in [-0.39, 0.29) is 5.37 Å². The largest absolute Gasteiger partial charge is 0.478 e. The highest BCUT2D eigenvalue weighted by Gasteiger charge is 2.27. The summed E-state index contributed by atoms with van der Waals surface area (Å²) in [6.07, 6.45) is 2.96. The van der Waals surface area contributed by atoms with E-state index in [0.717, 1.165) is 54.7 Å². The van der Waals surface area contributed by atoms with Crippen molar-refractivity contribution < 1.29 is 9.90 Å². The molecule has 1 saturated heterocycles. The minimum Gasteiger partial charge on any atom is -0.478 e. The molecular formula is C25H27N5O2S. The molecule has 0 aliphatic carbocycles. The number of fused-ring (bicyclic) bond motifs is 6. The Morgan fingerprint density at radius 3 is 2.91 bits per heavy atom. The maximum absolute atomic E-state index is 11.9. The third-order valence-corrected chi connectivity index (χ3v) is 7.50. The van der Waals surface area contributed by atoms with Gasteiger partial charge in [0.2, 0.25) is 0 Å². The Labute approximate surface area is 197 Å². The minimum absolute atomic E-state index is 0.211. The van der Waals surface area contributed by atoms with Crippen LogP contribution in [0.4, 0.5) is 11.6 Å². The molecule has 170 valence electrons. The first-order valence-electron chi connectivity index (χ1n) is 11.2. The van der Waals surface area contributed by atoms with Gasteiger partial charge >= 0.3 is 5.97 Å². The van der Waals surface area contributed by atoms with E-state index in [9.17, 15) is 9.90 Å². The van der Waals surface area contributed by atoms with E-state index in [2.05, 4.69) is 21.6 Å². The predicted molar refractivity (Wildman–Crippen MR) is 132 cm³/mol. The van der Waals surface area contributed by atoms with Gasteiger partial charge < -0.3 is 20.6 Å². The number of nitrogens with one attached hydrogen (secondary N) is 2. The number of aromatic nitrogens is 2. The van der Waals surface area contributed by atoms with E-state index >= 15 is 0 Å². The lowest BCUT2D eigenvalue weighted by atomic mass is 10.1. The van der Waals surface area contributed by atoms with Crippen LogP contribution in [0.2, 0.25) is 0 Å². The lowest BCUT2D eigenvalue weighted by molar-refractivity contribution is 0.0695. The van der Waals surface area contributed by atoms with E-state index < -0.39 is 5.97 Å². The van der Waals surface area contributed by atoms with Crippen LogP contribution in [0.3, 0.4) is 0 Å². The smallest absolute Gasteiger partial charge is 0.336 e. The van der Waals surface area contributed by atoms with Gasteiger partial charge in [-0.2, -0.15) is 0 Å². The molecule has 0 amide bonds. The van der Waals surface area contributed by atoms with Crippen LogP contribution >= 0.6 is 11.8 Å². The van der Waals surface area contributed by atoms with Crippen LogP contribution < -0.4 is 15.5 Å². The highest BCUT2D eigenvalue weighted by molar-refractivity contribution is 7.99. The Bertz CT molecular complexity index is 1140. The van der Waals surface area contributed by atoms with Crippen molar-refractivity contribution in [2.45, 2.75) is 24.9 Å². The van der Waals surface area contributed by atoms with Crippen LogP contribution in [0.5, 0.6) is 0 Å². The van der Waals surface area contributed by atoms with Gasteiger partial charge in [0.1, 0.15) is 11.6 Å². The Morgan fingerprint density at radius 2 is 2.00 bits per heavy atom. The number of anilines is 2. The topological polar surface area (TPSA) is 90.4 Å². The van der Waals surface area contributed by atoms with Gasteiger partial charge in [-0.25, -0.2) is 14.8 Å². The van der Waals surface area contributed by atoms with Crippen molar-refractivity contribution in [3.8, 4) is 0 Å². The molecule has 7 nitrogen and oxygen atoms in total. The zero-order chi connectivity index (χ0) is 22.6. The molecule has 4 bridgehead atoms. The van der Waals surface area contributed by atoms with E-state index in [1.165, 1.54) is 5.56 Å². The minimum atomic E-state index is -0.912. The monoisotopic (exact) mass is 461 g/mol. The number of benzene rings is 1. The Hall–Kier alpha value is -3.10. The second-order valence-electron chi connectivity index (χ2n) is 8.45. The van der Waals surface area contributed by atoms with E-state index in [4.69, 9.17) is 9.97 Å². The van der Waals surface area contributed by atoms with Gasteiger partial charge in [0.15, 0.2) is 0 Å². The van der Waals surface area contributed by atoms with Gasteiger partial charge in [0.05, 0.1) is 16.6 Å². The second kappa shape index (κ2) is 9.80. The summed E-state index contributed by atoms with van der Waals surface area (Å²) >= 11 is 1.75. The number of carboxylic acid groups (broad SMARTS) is 1. The van der Waals surface area contributed by atoms with Crippen molar-refractivity contribution in [1.29, 1.82) is 0 Å². The zero-order valence-electron chi connectivity index (χ0n) is 18.3. The van der Waals surface area contributed by atoms with Crippen LogP contribution in [-0.4, -0.2) is 39.9 Å². The summed E-state index contributed by atoms with van der Waals surface area (Å²) in [6.45, 7) is 3.30. The fourth-order valence-corrected chi connectivity index (χ4v) is 5.82. The molecule has 8 heteroatoms. The predicted octanol–water partition coefficient (Wildman–Crippen LogP) is 4.15. The van der Waals surface area contributed by atoms with E-state index in [1.807, 2.05) is 42.6 Å². The molecule has 2 aliphatic heterocycles. The lowest BCUT2D eigenvalue weighted by Crippen LogP contribution is -2.24. The third-order valence-electron chi connectivity index (χ3n) is 6.13. The molecule has 33 heavy (non-hydrogen) atoms. The van der Waals surface area contributed by atoms with Gasteiger partial charge in [-0.3, -0.25) is 0 Å². The fraction of sp³-hybridized carbons (Fsp3) is 0.320. The van der Waals surface area contributed by atoms with Crippen molar-refractivity contribution in [3.63, 3.8) is 0 Å². The molecule has 0 saturated carbocycles.